The molecule has 2 heterocycles. The van der Waals surface area contributed by atoms with E-state index in [1.165, 1.54) is 0 Å². The Balaban J connectivity index is 2.13. The van der Waals surface area contributed by atoms with Crippen LogP contribution in [-0.2, 0) is 4.79 Å². The lowest BCUT2D eigenvalue weighted by Crippen LogP contribution is -2.48. The van der Waals surface area contributed by atoms with Crippen molar-refractivity contribution in [3.63, 3.8) is 0 Å². The molecule has 1 aromatic heterocycles. The van der Waals surface area contributed by atoms with Crippen LogP contribution >= 0.6 is 11.6 Å². The van der Waals surface area contributed by atoms with Gasteiger partial charge in [0.2, 0.25) is 23.1 Å². The van der Waals surface area contributed by atoms with E-state index in [0.717, 1.165) is 0 Å². The monoisotopic (exact) mass is 284 g/mol. The van der Waals surface area contributed by atoms with Gasteiger partial charge >= 0.3 is 0 Å². The third-order valence-electron chi connectivity index (χ3n) is 2.99. The van der Waals surface area contributed by atoms with E-state index in [2.05, 4.69) is 15.0 Å². The second-order valence-corrected chi connectivity index (χ2v) is 4.93. The molecule has 0 unspecified atom stereocenters. The molecule has 2 rings (SSSR count). The van der Waals surface area contributed by atoms with Crippen molar-refractivity contribution in [1.82, 2.24) is 19.9 Å². The van der Waals surface area contributed by atoms with Crippen molar-refractivity contribution in [2.24, 2.45) is 0 Å². The number of nitrogens with zero attached hydrogens (tertiary/aromatic N) is 6. The van der Waals surface area contributed by atoms with E-state index in [9.17, 15) is 4.79 Å². The highest BCUT2D eigenvalue weighted by molar-refractivity contribution is 6.28. The van der Waals surface area contributed by atoms with Gasteiger partial charge in [0.15, 0.2) is 0 Å². The van der Waals surface area contributed by atoms with E-state index in [0.29, 0.717) is 38.1 Å². The number of piperazine rings is 1. The van der Waals surface area contributed by atoms with E-state index in [1.54, 1.807) is 11.8 Å². The summed E-state index contributed by atoms with van der Waals surface area (Å²) in [6.07, 6.45) is 0. The Bertz CT molecular complexity index is 472. The summed E-state index contributed by atoms with van der Waals surface area (Å²) in [5, 5.41) is 0.183. The van der Waals surface area contributed by atoms with Crippen LogP contribution in [0, 0.1) is 0 Å². The third kappa shape index (κ3) is 3.23. The van der Waals surface area contributed by atoms with Crippen molar-refractivity contribution in [3.8, 4) is 0 Å². The highest BCUT2D eigenvalue weighted by atomic mass is 35.5. The zero-order chi connectivity index (χ0) is 14.0. The lowest BCUT2D eigenvalue weighted by molar-refractivity contribution is -0.129. The predicted octanol–water partition coefficient (Wildman–Crippen LogP) is 0.259. The second kappa shape index (κ2) is 5.56. The van der Waals surface area contributed by atoms with Crippen molar-refractivity contribution >= 4 is 29.4 Å². The van der Waals surface area contributed by atoms with Gasteiger partial charge < -0.3 is 14.7 Å². The fourth-order valence-corrected chi connectivity index (χ4v) is 2.04. The summed E-state index contributed by atoms with van der Waals surface area (Å²) in [4.78, 5) is 29.5. The van der Waals surface area contributed by atoms with Gasteiger partial charge in [-0.1, -0.05) is 0 Å². The van der Waals surface area contributed by atoms with Gasteiger partial charge in [-0.05, 0) is 11.6 Å². The lowest BCUT2D eigenvalue weighted by Gasteiger charge is -2.34. The fourth-order valence-electron chi connectivity index (χ4n) is 1.89. The molecule has 1 aliphatic rings. The van der Waals surface area contributed by atoms with E-state index in [4.69, 9.17) is 11.6 Å². The number of halogens is 1. The Kier molecular flexibility index (Phi) is 4.04. The lowest BCUT2D eigenvalue weighted by atomic mass is 10.3. The number of carbonyl (C=O) groups excluding carboxylic acids is 1. The highest BCUT2D eigenvalue weighted by Crippen LogP contribution is 2.16. The van der Waals surface area contributed by atoms with Crippen molar-refractivity contribution < 1.29 is 4.79 Å². The number of anilines is 2. The maximum Gasteiger partial charge on any atom is 0.231 e. The van der Waals surface area contributed by atoms with Crippen molar-refractivity contribution in [2.75, 3.05) is 50.1 Å². The summed E-state index contributed by atoms with van der Waals surface area (Å²) in [6.45, 7) is 4.34. The van der Waals surface area contributed by atoms with Crippen LogP contribution in [-0.4, -0.2) is 66.0 Å². The van der Waals surface area contributed by atoms with Crippen LogP contribution in [0.15, 0.2) is 0 Å². The number of aromatic nitrogens is 3. The molecule has 1 saturated heterocycles. The molecule has 0 aromatic carbocycles. The zero-order valence-electron chi connectivity index (χ0n) is 11.3. The van der Waals surface area contributed by atoms with Gasteiger partial charge in [-0.2, -0.15) is 15.0 Å². The van der Waals surface area contributed by atoms with E-state index in [1.807, 2.05) is 23.9 Å². The number of amides is 1. The van der Waals surface area contributed by atoms with E-state index < -0.39 is 0 Å². The number of rotatable bonds is 2. The third-order valence-corrected chi connectivity index (χ3v) is 3.16. The molecule has 0 atom stereocenters. The number of hydrogen-bond donors (Lipinski definition) is 0. The standard InChI is InChI=1S/C11H17ClN6O/c1-8(19)17-4-6-18(7-5-17)11-14-9(12)13-10(15-11)16(2)3/h4-7H2,1-3H3. The molecule has 1 aromatic rings. The molecule has 0 saturated carbocycles. The largest absolute Gasteiger partial charge is 0.347 e. The summed E-state index contributed by atoms with van der Waals surface area (Å²) in [5.74, 6) is 1.19. The Labute approximate surface area is 117 Å². The van der Waals surface area contributed by atoms with Gasteiger partial charge in [-0.15, -0.1) is 0 Å². The average Bonchev–Trinajstić information content (AvgIpc) is 2.38. The maximum atomic E-state index is 11.3. The first-order chi connectivity index (χ1) is 8.97. The quantitative estimate of drug-likeness (QED) is 0.776. The van der Waals surface area contributed by atoms with Gasteiger partial charge in [0.25, 0.3) is 0 Å². The van der Waals surface area contributed by atoms with Crippen LogP contribution in [0.1, 0.15) is 6.92 Å². The molecule has 1 aliphatic heterocycles. The molecular weight excluding hydrogens is 268 g/mol. The van der Waals surface area contributed by atoms with Crippen LogP contribution in [0.5, 0.6) is 0 Å². The van der Waals surface area contributed by atoms with Gasteiger partial charge in [0.1, 0.15) is 0 Å². The molecule has 0 N–H and O–H groups in total. The molecule has 0 bridgehead atoms. The van der Waals surface area contributed by atoms with Crippen LogP contribution in [0.2, 0.25) is 5.28 Å². The summed E-state index contributed by atoms with van der Waals surface area (Å²) >= 11 is 5.91. The Morgan fingerprint density at radius 1 is 1.16 bits per heavy atom. The van der Waals surface area contributed by atoms with Crippen LogP contribution < -0.4 is 9.80 Å². The number of carbonyl (C=O) groups is 1. The SMILES string of the molecule is CC(=O)N1CCN(c2nc(Cl)nc(N(C)C)n2)CC1. The smallest absolute Gasteiger partial charge is 0.231 e. The van der Waals surface area contributed by atoms with Gasteiger partial charge in [-0.3, -0.25) is 4.79 Å². The molecule has 1 amide bonds. The Hall–Kier alpha value is -1.63. The minimum absolute atomic E-state index is 0.0994. The molecule has 0 radical (unpaired) electrons. The molecule has 1 fully saturated rings. The molecule has 7 nitrogen and oxygen atoms in total. The van der Waals surface area contributed by atoms with Crippen molar-refractivity contribution in [2.45, 2.75) is 6.92 Å². The second-order valence-electron chi connectivity index (χ2n) is 4.59. The molecule has 0 aliphatic carbocycles. The minimum Gasteiger partial charge on any atom is -0.347 e. The van der Waals surface area contributed by atoms with Crippen molar-refractivity contribution in [3.05, 3.63) is 5.28 Å². The molecule has 19 heavy (non-hydrogen) atoms. The van der Waals surface area contributed by atoms with E-state index in [-0.39, 0.29) is 11.2 Å². The van der Waals surface area contributed by atoms with Gasteiger partial charge in [0, 0.05) is 47.2 Å². The molecule has 8 heteroatoms. The van der Waals surface area contributed by atoms with Gasteiger partial charge in [-0.25, -0.2) is 0 Å². The topological polar surface area (TPSA) is 65.5 Å². The first-order valence-corrected chi connectivity index (χ1v) is 6.44. The molecular formula is C11H17ClN6O. The van der Waals surface area contributed by atoms with E-state index >= 15 is 0 Å². The first kappa shape index (κ1) is 13.8. The highest BCUT2D eigenvalue weighted by Gasteiger charge is 2.21. The first-order valence-electron chi connectivity index (χ1n) is 6.06. The summed E-state index contributed by atoms with van der Waals surface area (Å²) < 4.78 is 0. The van der Waals surface area contributed by atoms with Crippen LogP contribution in [0.3, 0.4) is 0 Å². The Morgan fingerprint density at radius 2 is 1.79 bits per heavy atom. The Morgan fingerprint density at radius 3 is 2.32 bits per heavy atom. The van der Waals surface area contributed by atoms with Crippen molar-refractivity contribution in [1.29, 1.82) is 0 Å². The minimum atomic E-state index is 0.0994. The number of hydrogen-bond acceptors (Lipinski definition) is 6. The summed E-state index contributed by atoms with van der Waals surface area (Å²) in [7, 11) is 3.70. The summed E-state index contributed by atoms with van der Waals surface area (Å²) in [5.41, 5.74) is 0. The summed E-state index contributed by atoms with van der Waals surface area (Å²) in [6, 6.07) is 0. The molecule has 104 valence electrons. The van der Waals surface area contributed by atoms with Crippen LogP contribution in [0.4, 0.5) is 11.9 Å². The maximum absolute atomic E-state index is 11.3. The zero-order valence-corrected chi connectivity index (χ0v) is 12.1. The average molecular weight is 285 g/mol. The fraction of sp³-hybridized carbons (Fsp3) is 0.636. The predicted molar refractivity (Wildman–Crippen MR) is 73.6 cm³/mol. The van der Waals surface area contributed by atoms with Crippen LogP contribution in [0.25, 0.3) is 0 Å². The molecule has 0 spiro atoms. The van der Waals surface area contributed by atoms with Gasteiger partial charge in [0.05, 0.1) is 0 Å². The normalized spacial score (nSPS) is 15.6.